The summed E-state index contributed by atoms with van der Waals surface area (Å²) in [5.74, 6) is 0. The summed E-state index contributed by atoms with van der Waals surface area (Å²) >= 11 is 0. The van der Waals surface area contributed by atoms with Crippen LogP contribution in [0.5, 0.6) is 0 Å². The summed E-state index contributed by atoms with van der Waals surface area (Å²) in [7, 11) is 0. The molecule has 2 aromatic carbocycles. The maximum absolute atomic E-state index is 12.4. The first kappa shape index (κ1) is 18.7. The van der Waals surface area contributed by atoms with Crippen LogP contribution in [-0.4, -0.2) is 22.0 Å². The number of aryl methyl sites for hydroxylation is 2. The molecule has 0 radical (unpaired) electrons. The van der Waals surface area contributed by atoms with Gasteiger partial charge in [-0.2, -0.15) is 0 Å². The summed E-state index contributed by atoms with van der Waals surface area (Å²) in [6.45, 7) is 2.66. The Balaban J connectivity index is 1.41. The van der Waals surface area contributed by atoms with Gasteiger partial charge in [-0.25, -0.2) is 9.78 Å². The molecule has 0 spiro atoms. The normalized spacial score (nSPS) is 10.8. The Kier molecular flexibility index (Phi) is 5.56. The highest BCUT2D eigenvalue weighted by Gasteiger charge is 2.12. The number of carbonyl (C=O) groups excluding carboxylic acids is 1. The average molecular weight is 384 g/mol. The summed E-state index contributed by atoms with van der Waals surface area (Å²) in [6.07, 6.45) is 5.80. The van der Waals surface area contributed by atoms with Crippen LogP contribution in [0.4, 0.5) is 10.5 Å². The Bertz CT molecular complexity index is 1120. The summed E-state index contributed by atoms with van der Waals surface area (Å²) in [5, 5.41) is 5.91. The van der Waals surface area contributed by atoms with Crippen molar-refractivity contribution >= 4 is 17.4 Å². The molecule has 2 heterocycles. The fraction of sp³-hybridized carbons (Fsp3) is 0.167. The third-order valence-electron chi connectivity index (χ3n) is 4.90. The zero-order valence-corrected chi connectivity index (χ0v) is 16.4. The van der Waals surface area contributed by atoms with E-state index in [9.17, 15) is 4.79 Å². The number of hydrogen-bond acceptors (Lipinski definition) is 2. The molecule has 146 valence electrons. The minimum atomic E-state index is -0.203. The van der Waals surface area contributed by atoms with Crippen LogP contribution < -0.4 is 10.6 Å². The summed E-state index contributed by atoms with van der Waals surface area (Å²) in [6, 6.07) is 21.9. The van der Waals surface area contributed by atoms with E-state index < -0.39 is 0 Å². The lowest BCUT2D eigenvalue weighted by atomic mass is 10.1. The molecule has 0 saturated heterocycles. The monoisotopic (exact) mass is 384 g/mol. The van der Waals surface area contributed by atoms with Gasteiger partial charge in [0.25, 0.3) is 0 Å². The third kappa shape index (κ3) is 4.46. The summed E-state index contributed by atoms with van der Waals surface area (Å²) in [5.41, 5.74) is 5.79. The number of anilines is 1. The van der Waals surface area contributed by atoms with E-state index in [0.717, 1.165) is 41.0 Å². The summed E-state index contributed by atoms with van der Waals surface area (Å²) < 4.78 is 2.01. The second kappa shape index (κ2) is 8.61. The standard InChI is InChI=1S/C24H24N4O/c1-18-9-8-16-28-17-22(26-23(18)28)20-13-5-6-14-21(20)27-24(29)25-15-7-12-19-10-3-2-4-11-19/h2-6,8-11,13-14,16-17H,7,12,15H2,1H3,(H2,25,27,29). The number of aromatic nitrogens is 2. The van der Waals surface area contributed by atoms with Gasteiger partial charge in [0, 0.05) is 24.5 Å². The molecule has 0 atom stereocenters. The molecular formula is C24H24N4O. The molecule has 0 aliphatic carbocycles. The van der Waals surface area contributed by atoms with Crippen LogP contribution in [0.25, 0.3) is 16.9 Å². The minimum Gasteiger partial charge on any atom is -0.338 e. The first-order valence-electron chi connectivity index (χ1n) is 9.83. The number of hydrogen-bond donors (Lipinski definition) is 2. The number of nitrogens with zero attached hydrogens (tertiary/aromatic N) is 2. The second-order valence-corrected chi connectivity index (χ2v) is 7.06. The lowest BCUT2D eigenvalue weighted by molar-refractivity contribution is 0.252. The van der Waals surface area contributed by atoms with Gasteiger partial charge in [-0.15, -0.1) is 0 Å². The van der Waals surface area contributed by atoms with E-state index in [1.807, 2.05) is 78.3 Å². The SMILES string of the molecule is Cc1cccn2cc(-c3ccccc3NC(=O)NCCCc3ccccc3)nc12. The van der Waals surface area contributed by atoms with Crippen LogP contribution in [0.1, 0.15) is 17.5 Å². The van der Waals surface area contributed by atoms with Crippen LogP contribution in [0, 0.1) is 6.92 Å². The summed E-state index contributed by atoms with van der Waals surface area (Å²) in [4.78, 5) is 17.1. The lowest BCUT2D eigenvalue weighted by Gasteiger charge is -2.11. The van der Waals surface area contributed by atoms with Crippen LogP contribution >= 0.6 is 0 Å². The Morgan fingerprint density at radius 1 is 1.00 bits per heavy atom. The molecule has 4 rings (SSSR count). The van der Waals surface area contributed by atoms with Gasteiger partial charge in [-0.3, -0.25) is 0 Å². The molecule has 0 bridgehead atoms. The van der Waals surface area contributed by atoms with Gasteiger partial charge in [-0.05, 0) is 43.0 Å². The Morgan fingerprint density at radius 2 is 1.79 bits per heavy atom. The molecule has 29 heavy (non-hydrogen) atoms. The van der Waals surface area contributed by atoms with Gasteiger partial charge in [0.05, 0.1) is 11.4 Å². The first-order valence-corrected chi connectivity index (χ1v) is 9.83. The number of para-hydroxylation sites is 1. The average Bonchev–Trinajstić information content (AvgIpc) is 3.18. The lowest BCUT2D eigenvalue weighted by Crippen LogP contribution is -2.29. The van der Waals surface area contributed by atoms with Gasteiger partial charge >= 0.3 is 6.03 Å². The molecule has 0 fully saturated rings. The Morgan fingerprint density at radius 3 is 2.62 bits per heavy atom. The molecule has 0 unspecified atom stereocenters. The zero-order valence-electron chi connectivity index (χ0n) is 16.4. The largest absolute Gasteiger partial charge is 0.338 e. The van der Waals surface area contributed by atoms with Gasteiger partial charge in [-0.1, -0.05) is 54.6 Å². The van der Waals surface area contributed by atoms with E-state index in [1.54, 1.807) is 0 Å². The Hall–Kier alpha value is -3.60. The van der Waals surface area contributed by atoms with Gasteiger partial charge in [0.15, 0.2) is 0 Å². The van der Waals surface area contributed by atoms with Crippen molar-refractivity contribution in [3.63, 3.8) is 0 Å². The first-order chi connectivity index (χ1) is 14.2. The predicted octanol–water partition coefficient (Wildman–Crippen LogP) is 5.06. The number of carbonyl (C=O) groups is 1. The number of nitrogens with one attached hydrogen (secondary N) is 2. The molecule has 5 nitrogen and oxygen atoms in total. The van der Waals surface area contributed by atoms with Crippen LogP contribution in [0.2, 0.25) is 0 Å². The second-order valence-electron chi connectivity index (χ2n) is 7.06. The van der Waals surface area contributed by atoms with Crippen LogP contribution in [0.3, 0.4) is 0 Å². The van der Waals surface area contributed by atoms with Crippen LogP contribution in [-0.2, 0) is 6.42 Å². The number of amides is 2. The third-order valence-corrected chi connectivity index (χ3v) is 4.90. The minimum absolute atomic E-state index is 0.203. The molecule has 2 amide bonds. The van der Waals surface area contributed by atoms with Crippen molar-refractivity contribution in [3.8, 4) is 11.3 Å². The number of benzene rings is 2. The molecular weight excluding hydrogens is 360 g/mol. The molecule has 5 heteroatoms. The molecule has 0 saturated carbocycles. The highest BCUT2D eigenvalue weighted by atomic mass is 16.2. The van der Waals surface area contributed by atoms with E-state index >= 15 is 0 Å². The maximum atomic E-state index is 12.4. The number of imidazole rings is 1. The van der Waals surface area contributed by atoms with Crippen molar-refractivity contribution in [1.82, 2.24) is 14.7 Å². The maximum Gasteiger partial charge on any atom is 0.319 e. The number of pyridine rings is 1. The highest BCUT2D eigenvalue weighted by Crippen LogP contribution is 2.28. The van der Waals surface area contributed by atoms with Gasteiger partial charge in [0.2, 0.25) is 0 Å². The topological polar surface area (TPSA) is 58.4 Å². The zero-order chi connectivity index (χ0) is 20.1. The predicted molar refractivity (Wildman–Crippen MR) is 117 cm³/mol. The van der Waals surface area contributed by atoms with E-state index in [-0.39, 0.29) is 6.03 Å². The number of rotatable bonds is 6. The van der Waals surface area contributed by atoms with Crippen molar-refractivity contribution in [2.75, 3.05) is 11.9 Å². The van der Waals surface area contributed by atoms with Gasteiger partial charge in [0.1, 0.15) is 5.65 Å². The van der Waals surface area contributed by atoms with Gasteiger partial charge < -0.3 is 15.0 Å². The fourth-order valence-corrected chi connectivity index (χ4v) is 3.40. The van der Waals surface area contributed by atoms with Crippen molar-refractivity contribution in [3.05, 3.63) is 90.3 Å². The van der Waals surface area contributed by atoms with Crippen molar-refractivity contribution in [2.45, 2.75) is 19.8 Å². The molecule has 0 aliphatic rings. The Labute approximate surface area is 170 Å². The van der Waals surface area contributed by atoms with E-state index in [4.69, 9.17) is 4.98 Å². The number of fused-ring (bicyclic) bond motifs is 1. The van der Waals surface area contributed by atoms with E-state index in [1.165, 1.54) is 5.56 Å². The molecule has 4 aromatic rings. The van der Waals surface area contributed by atoms with E-state index in [0.29, 0.717) is 6.54 Å². The van der Waals surface area contributed by atoms with Crippen molar-refractivity contribution in [2.24, 2.45) is 0 Å². The van der Waals surface area contributed by atoms with Crippen LogP contribution in [0.15, 0.2) is 79.1 Å². The molecule has 2 N–H and O–H groups in total. The smallest absolute Gasteiger partial charge is 0.319 e. The quantitative estimate of drug-likeness (QED) is 0.456. The van der Waals surface area contributed by atoms with Crippen molar-refractivity contribution in [1.29, 1.82) is 0 Å². The number of urea groups is 1. The van der Waals surface area contributed by atoms with Crippen molar-refractivity contribution < 1.29 is 4.79 Å². The van der Waals surface area contributed by atoms with E-state index in [2.05, 4.69) is 22.8 Å². The molecule has 2 aromatic heterocycles. The highest BCUT2D eigenvalue weighted by molar-refractivity contribution is 5.94. The fourth-order valence-electron chi connectivity index (χ4n) is 3.40. The molecule has 0 aliphatic heterocycles.